The number of halogens is 3. The number of rotatable bonds is 2. The van der Waals surface area contributed by atoms with Crippen LogP contribution >= 0.6 is 0 Å². The molecule has 2 heterocycles. The molecule has 0 bridgehead atoms. The van der Waals surface area contributed by atoms with E-state index in [9.17, 15) is 21.6 Å². The average molecular weight is 323 g/mol. The van der Waals surface area contributed by atoms with Crippen molar-refractivity contribution in [1.82, 2.24) is 9.29 Å². The van der Waals surface area contributed by atoms with Crippen molar-refractivity contribution in [2.75, 3.05) is 37.3 Å². The largest absolute Gasteiger partial charge is 0.417 e. The molecule has 0 radical (unpaired) electrons. The van der Waals surface area contributed by atoms with Gasteiger partial charge in [-0.3, -0.25) is 0 Å². The van der Waals surface area contributed by atoms with E-state index < -0.39 is 21.8 Å². The number of alkyl halides is 3. The Labute approximate surface area is 121 Å². The van der Waals surface area contributed by atoms with Crippen LogP contribution in [0.25, 0.3) is 0 Å². The smallest absolute Gasteiger partial charge is 0.355 e. The van der Waals surface area contributed by atoms with Crippen LogP contribution in [0.2, 0.25) is 0 Å². The van der Waals surface area contributed by atoms with Crippen molar-refractivity contribution in [3.63, 3.8) is 0 Å². The highest BCUT2D eigenvalue weighted by Crippen LogP contribution is 2.29. The third-order valence-electron chi connectivity index (χ3n) is 3.32. The van der Waals surface area contributed by atoms with E-state index in [2.05, 4.69) is 4.98 Å². The second-order valence-electron chi connectivity index (χ2n) is 4.91. The van der Waals surface area contributed by atoms with Crippen molar-refractivity contribution in [3.8, 4) is 0 Å². The summed E-state index contributed by atoms with van der Waals surface area (Å²) in [6.45, 7) is 1.69. The maximum atomic E-state index is 12.5. The summed E-state index contributed by atoms with van der Waals surface area (Å²) in [5.41, 5.74) is -0.793. The lowest BCUT2D eigenvalue weighted by Gasteiger charge is -2.22. The van der Waals surface area contributed by atoms with Gasteiger partial charge in [0.25, 0.3) is 0 Å². The van der Waals surface area contributed by atoms with E-state index in [-0.39, 0.29) is 0 Å². The minimum atomic E-state index is -4.41. The first-order valence-electron chi connectivity index (χ1n) is 6.41. The van der Waals surface area contributed by atoms with E-state index in [0.717, 1.165) is 18.5 Å². The number of sulfonamides is 1. The van der Waals surface area contributed by atoms with Crippen molar-refractivity contribution in [2.45, 2.75) is 12.6 Å². The molecule has 118 valence electrons. The molecule has 0 saturated carbocycles. The maximum absolute atomic E-state index is 12.5. The van der Waals surface area contributed by atoms with Gasteiger partial charge < -0.3 is 4.90 Å². The molecule has 0 atom stereocenters. The number of anilines is 1. The van der Waals surface area contributed by atoms with E-state index >= 15 is 0 Å². The standard InChI is InChI=1S/C12H16F3N3O2S/c1-21(19,20)18-6-2-5-17(7-8-18)11-4-3-10(9-16-11)12(13,14)15/h3-4,9H,2,5-8H2,1H3. The summed E-state index contributed by atoms with van der Waals surface area (Å²) in [6.07, 6.45) is -1.85. The Morgan fingerprint density at radius 3 is 2.38 bits per heavy atom. The quantitative estimate of drug-likeness (QED) is 0.829. The van der Waals surface area contributed by atoms with Gasteiger partial charge >= 0.3 is 6.18 Å². The van der Waals surface area contributed by atoms with Crippen molar-refractivity contribution in [2.24, 2.45) is 0 Å². The fourth-order valence-electron chi connectivity index (χ4n) is 2.20. The van der Waals surface area contributed by atoms with Crippen LogP contribution in [0, 0.1) is 0 Å². The van der Waals surface area contributed by atoms with Gasteiger partial charge in [0.15, 0.2) is 0 Å². The summed E-state index contributed by atoms with van der Waals surface area (Å²) >= 11 is 0. The highest BCUT2D eigenvalue weighted by Gasteiger charge is 2.31. The van der Waals surface area contributed by atoms with Gasteiger partial charge in [-0.25, -0.2) is 17.7 Å². The van der Waals surface area contributed by atoms with E-state index in [1.807, 2.05) is 0 Å². The molecule has 1 aliphatic rings. The maximum Gasteiger partial charge on any atom is 0.417 e. The molecule has 0 amide bonds. The zero-order valence-electron chi connectivity index (χ0n) is 11.5. The Morgan fingerprint density at radius 1 is 1.14 bits per heavy atom. The summed E-state index contributed by atoms with van der Waals surface area (Å²) in [5, 5.41) is 0. The molecule has 1 saturated heterocycles. The van der Waals surface area contributed by atoms with E-state index in [4.69, 9.17) is 0 Å². The van der Waals surface area contributed by atoms with E-state index in [1.54, 1.807) is 4.90 Å². The molecule has 5 nitrogen and oxygen atoms in total. The van der Waals surface area contributed by atoms with Gasteiger partial charge in [-0.1, -0.05) is 0 Å². The minimum Gasteiger partial charge on any atom is -0.355 e. The van der Waals surface area contributed by atoms with Gasteiger partial charge in [-0.05, 0) is 18.6 Å². The van der Waals surface area contributed by atoms with Crippen molar-refractivity contribution in [3.05, 3.63) is 23.9 Å². The van der Waals surface area contributed by atoms with Crippen LogP contribution in [0.4, 0.5) is 19.0 Å². The second-order valence-corrected chi connectivity index (χ2v) is 6.89. The van der Waals surface area contributed by atoms with Gasteiger partial charge in [0, 0.05) is 32.4 Å². The zero-order chi connectivity index (χ0) is 15.7. The molecule has 1 aliphatic heterocycles. The van der Waals surface area contributed by atoms with Gasteiger partial charge in [0.1, 0.15) is 5.82 Å². The van der Waals surface area contributed by atoms with Gasteiger partial charge in [-0.2, -0.15) is 13.2 Å². The lowest BCUT2D eigenvalue weighted by atomic mass is 10.2. The number of hydrogen-bond donors (Lipinski definition) is 0. The summed E-state index contributed by atoms with van der Waals surface area (Å²) in [5.74, 6) is 0.429. The first kappa shape index (κ1) is 16.0. The number of aromatic nitrogens is 1. The third kappa shape index (κ3) is 4.07. The Bertz CT molecular complexity index is 587. The number of hydrogen-bond acceptors (Lipinski definition) is 4. The predicted molar refractivity (Wildman–Crippen MR) is 72.5 cm³/mol. The Morgan fingerprint density at radius 2 is 1.86 bits per heavy atom. The minimum absolute atomic E-state index is 0.307. The second kappa shape index (κ2) is 5.80. The third-order valence-corrected chi connectivity index (χ3v) is 4.63. The Balaban J connectivity index is 2.09. The normalized spacial score (nSPS) is 18.6. The number of nitrogens with zero attached hydrogens (tertiary/aromatic N) is 3. The topological polar surface area (TPSA) is 53.5 Å². The summed E-state index contributed by atoms with van der Waals surface area (Å²) in [7, 11) is -3.24. The molecule has 0 aromatic carbocycles. The van der Waals surface area contributed by atoms with Crippen LogP contribution in [-0.4, -0.2) is 50.1 Å². The van der Waals surface area contributed by atoms with Crippen LogP contribution < -0.4 is 4.90 Å². The summed E-state index contributed by atoms with van der Waals surface area (Å²) in [4.78, 5) is 5.63. The summed E-state index contributed by atoms with van der Waals surface area (Å²) < 4.78 is 61.8. The van der Waals surface area contributed by atoms with Crippen LogP contribution in [0.1, 0.15) is 12.0 Å². The van der Waals surface area contributed by atoms with Gasteiger partial charge in [-0.15, -0.1) is 0 Å². The molecule has 0 spiro atoms. The molecule has 1 aromatic rings. The zero-order valence-corrected chi connectivity index (χ0v) is 12.3. The van der Waals surface area contributed by atoms with Crippen LogP contribution in [0.3, 0.4) is 0 Å². The molecular weight excluding hydrogens is 307 g/mol. The van der Waals surface area contributed by atoms with E-state index in [0.29, 0.717) is 38.4 Å². The van der Waals surface area contributed by atoms with Crippen LogP contribution in [0.5, 0.6) is 0 Å². The monoisotopic (exact) mass is 323 g/mol. The van der Waals surface area contributed by atoms with Gasteiger partial charge in [0.05, 0.1) is 11.8 Å². The molecule has 1 fully saturated rings. The van der Waals surface area contributed by atoms with Crippen molar-refractivity contribution in [1.29, 1.82) is 0 Å². The van der Waals surface area contributed by atoms with Crippen molar-refractivity contribution < 1.29 is 21.6 Å². The van der Waals surface area contributed by atoms with Crippen LogP contribution in [-0.2, 0) is 16.2 Å². The predicted octanol–water partition coefficient (Wildman–Crippen LogP) is 1.57. The lowest BCUT2D eigenvalue weighted by molar-refractivity contribution is -0.137. The molecular formula is C12H16F3N3O2S. The van der Waals surface area contributed by atoms with E-state index in [1.165, 1.54) is 10.4 Å². The van der Waals surface area contributed by atoms with Crippen LogP contribution in [0.15, 0.2) is 18.3 Å². The molecule has 0 N–H and O–H groups in total. The summed E-state index contributed by atoms with van der Waals surface area (Å²) in [6, 6.07) is 2.31. The first-order chi connectivity index (χ1) is 9.68. The fourth-order valence-corrected chi connectivity index (χ4v) is 3.07. The highest BCUT2D eigenvalue weighted by molar-refractivity contribution is 7.88. The molecule has 9 heteroatoms. The Kier molecular flexibility index (Phi) is 4.43. The first-order valence-corrected chi connectivity index (χ1v) is 8.26. The highest BCUT2D eigenvalue weighted by atomic mass is 32.2. The van der Waals surface area contributed by atoms with Gasteiger partial charge in [0.2, 0.25) is 10.0 Å². The Hall–Kier alpha value is -1.35. The molecule has 0 unspecified atom stereocenters. The molecule has 21 heavy (non-hydrogen) atoms. The van der Waals surface area contributed by atoms with Crippen molar-refractivity contribution >= 4 is 15.8 Å². The molecule has 1 aromatic heterocycles. The number of pyridine rings is 1. The molecule has 0 aliphatic carbocycles. The average Bonchev–Trinajstić information content (AvgIpc) is 2.63. The lowest BCUT2D eigenvalue weighted by Crippen LogP contribution is -2.34. The fraction of sp³-hybridized carbons (Fsp3) is 0.583. The molecule has 2 rings (SSSR count). The SMILES string of the molecule is CS(=O)(=O)N1CCCN(c2ccc(C(F)(F)F)cn2)CC1.